The van der Waals surface area contributed by atoms with Crippen molar-refractivity contribution in [2.24, 2.45) is 11.8 Å². The fraction of sp³-hybridized carbons (Fsp3) is 1.00. The second kappa shape index (κ2) is 17.9. The van der Waals surface area contributed by atoms with Crippen molar-refractivity contribution in [2.45, 2.75) is 92.0 Å². The summed E-state index contributed by atoms with van der Waals surface area (Å²) < 4.78 is 18.0. The highest BCUT2D eigenvalue weighted by molar-refractivity contribution is 9.09. The summed E-state index contributed by atoms with van der Waals surface area (Å²) in [4.78, 5) is 0. The summed E-state index contributed by atoms with van der Waals surface area (Å²) in [5.74, 6) is 4.00. The van der Waals surface area contributed by atoms with E-state index in [2.05, 4.69) is 33.5 Å². The van der Waals surface area contributed by atoms with Crippen molar-refractivity contribution in [3.8, 4) is 0 Å². The molecule has 0 fully saturated rings. The summed E-state index contributed by atoms with van der Waals surface area (Å²) >= 11 is 0. The van der Waals surface area contributed by atoms with E-state index in [1.807, 2.05) is 52.2 Å². The van der Waals surface area contributed by atoms with Gasteiger partial charge >= 0.3 is 8.80 Å². The third-order valence-electron chi connectivity index (χ3n) is 4.60. The van der Waals surface area contributed by atoms with Crippen LogP contribution in [0.25, 0.3) is 0 Å². The Morgan fingerprint density at radius 1 is 0.690 bits per heavy atom. The second-order valence-electron chi connectivity index (χ2n) is 9.16. The van der Waals surface area contributed by atoms with E-state index in [0.717, 1.165) is 12.0 Å². The minimum absolute atomic E-state index is 0.581. The van der Waals surface area contributed by atoms with Crippen molar-refractivity contribution in [1.29, 1.82) is 0 Å². The molecule has 0 aromatic carbocycles. The normalized spacial score (nSPS) is 14.9. The van der Waals surface area contributed by atoms with E-state index in [9.17, 15) is 0 Å². The molecule has 0 amide bonds. The fourth-order valence-corrected chi connectivity index (χ4v) is 12.9. The van der Waals surface area contributed by atoms with Gasteiger partial charge in [-0.1, -0.05) is 67.5 Å². The highest BCUT2D eigenvalue weighted by Crippen LogP contribution is 2.36. The van der Waals surface area contributed by atoms with Crippen molar-refractivity contribution in [3.05, 3.63) is 0 Å². The van der Waals surface area contributed by atoms with E-state index in [1.165, 1.54) is 43.2 Å². The SMILES string of the molecule is CCO[Si](CC(C)CCCSSSCCCC(C)C[Si](C)(C)C)(OCC)OCC. The van der Waals surface area contributed by atoms with Crippen LogP contribution >= 0.6 is 31.4 Å². The molecule has 29 heavy (non-hydrogen) atoms. The van der Waals surface area contributed by atoms with Gasteiger partial charge in [-0.05, 0) is 61.7 Å². The average molecular weight is 501 g/mol. The smallest absolute Gasteiger partial charge is 0.374 e. The molecule has 0 saturated carbocycles. The van der Waals surface area contributed by atoms with E-state index in [0.29, 0.717) is 25.7 Å². The molecule has 2 atom stereocenters. The minimum Gasteiger partial charge on any atom is -0.374 e. The molecule has 0 rings (SSSR count). The first-order valence-corrected chi connectivity index (χ1v) is 21.0. The number of hydrogen-bond donors (Lipinski definition) is 0. The van der Waals surface area contributed by atoms with Gasteiger partial charge in [0, 0.05) is 45.4 Å². The van der Waals surface area contributed by atoms with Crippen molar-refractivity contribution >= 4 is 48.3 Å². The number of hydrogen-bond acceptors (Lipinski definition) is 6. The van der Waals surface area contributed by atoms with Crippen molar-refractivity contribution < 1.29 is 13.3 Å². The van der Waals surface area contributed by atoms with Crippen LogP contribution in [0.5, 0.6) is 0 Å². The third-order valence-corrected chi connectivity index (χ3v) is 14.3. The van der Waals surface area contributed by atoms with Crippen LogP contribution < -0.4 is 0 Å². The van der Waals surface area contributed by atoms with Gasteiger partial charge in [-0.3, -0.25) is 0 Å². The monoisotopic (exact) mass is 500 g/mol. The van der Waals surface area contributed by atoms with Crippen LogP contribution in [0.1, 0.15) is 60.3 Å². The zero-order valence-electron chi connectivity index (χ0n) is 20.4. The first kappa shape index (κ1) is 30.4. The van der Waals surface area contributed by atoms with Gasteiger partial charge in [0.05, 0.1) is 0 Å². The summed E-state index contributed by atoms with van der Waals surface area (Å²) in [5.41, 5.74) is 0. The Morgan fingerprint density at radius 2 is 1.10 bits per heavy atom. The maximum absolute atomic E-state index is 5.99. The second-order valence-corrected chi connectivity index (χ2v) is 21.8. The highest BCUT2D eigenvalue weighted by Gasteiger charge is 2.41. The zero-order valence-corrected chi connectivity index (χ0v) is 24.8. The molecule has 0 aromatic rings. The molecule has 0 saturated heterocycles. The first-order chi connectivity index (χ1) is 13.7. The van der Waals surface area contributed by atoms with E-state index in [-0.39, 0.29) is 0 Å². The summed E-state index contributed by atoms with van der Waals surface area (Å²) in [6.07, 6.45) is 5.22. The molecule has 3 nitrogen and oxygen atoms in total. The lowest BCUT2D eigenvalue weighted by molar-refractivity contribution is 0.0673. The lowest BCUT2D eigenvalue weighted by atomic mass is 10.1. The molecular formula is C21H48O3S3Si2. The van der Waals surface area contributed by atoms with Gasteiger partial charge in [0.1, 0.15) is 0 Å². The van der Waals surface area contributed by atoms with Crippen molar-refractivity contribution in [3.63, 3.8) is 0 Å². The van der Waals surface area contributed by atoms with E-state index < -0.39 is 16.9 Å². The molecule has 8 heteroatoms. The summed E-state index contributed by atoms with van der Waals surface area (Å²) in [5, 5.41) is 0. The quantitative estimate of drug-likeness (QED) is 0.0949. The first-order valence-electron chi connectivity index (χ1n) is 11.5. The molecule has 176 valence electrons. The maximum atomic E-state index is 5.99. The van der Waals surface area contributed by atoms with Crippen LogP contribution in [-0.2, 0) is 13.3 Å². The lowest BCUT2D eigenvalue weighted by Crippen LogP contribution is -2.47. The van der Waals surface area contributed by atoms with Gasteiger partial charge in [-0.25, -0.2) is 0 Å². The summed E-state index contributed by atoms with van der Waals surface area (Å²) in [6.45, 7) is 20.3. The molecule has 0 N–H and O–H groups in total. The van der Waals surface area contributed by atoms with Gasteiger partial charge in [-0.15, -0.1) is 0 Å². The molecule has 0 aliphatic rings. The molecule has 0 bridgehead atoms. The predicted molar refractivity (Wildman–Crippen MR) is 143 cm³/mol. The van der Waals surface area contributed by atoms with E-state index in [1.54, 1.807) is 0 Å². The van der Waals surface area contributed by atoms with Gasteiger partial charge in [0.15, 0.2) is 0 Å². The van der Waals surface area contributed by atoms with Crippen molar-refractivity contribution in [1.82, 2.24) is 0 Å². The molecule has 2 unspecified atom stereocenters. The molecule has 0 heterocycles. The third kappa shape index (κ3) is 17.6. The van der Waals surface area contributed by atoms with Gasteiger partial charge in [0.25, 0.3) is 0 Å². The highest BCUT2D eigenvalue weighted by atomic mass is 33.5. The van der Waals surface area contributed by atoms with Crippen LogP contribution in [-0.4, -0.2) is 48.2 Å². The largest absolute Gasteiger partial charge is 0.501 e. The van der Waals surface area contributed by atoms with Crippen LogP contribution in [0, 0.1) is 11.8 Å². The maximum Gasteiger partial charge on any atom is 0.501 e. The Labute approximate surface area is 196 Å². The van der Waals surface area contributed by atoms with Crippen LogP contribution in [0.3, 0.4) is 0 Å². The molecule has 0 spiro atoms. The Kier molecular flexibility index (Phi) is 18.7. The summed E-state index contributed by atoms with van der Waals surface area (Å²) in [7, 11) is 2.67. The predicted octanol–water partition coefficient (Wildman–Crippen LogP) is 8.24. The van der Waals surface area contributed by atoms with Crippen molar-refractivity contribution in [2.75, 3.05) is 31.3 Å². The average Bonchev–Trinajstić information content (AvgIpc) is 2.59. The Bertz CT molecular complexity index is 368. The fourth-order valence-electron chi connectivity index (χ4n) is 3.72. The minimum atomic E-state index is -2.49. The van der Waals surface area contributed by atoms with Crippen LogP contribution in [0.15, 0.2) is 0 Å². The lowest BCUT2D eigenvalue weighted by Gasteiger charge is -2.30. The van der Waals surface area contributed by atoms with Gasteiger partial charge in [0.2, 0.25) is 0 Å². The molecule has 0 aliphatic heterocycles. The Hall–Kier alpha value is 1.36. The standard InChI is InChI=1S/C21H48O3S3Si2/c1-9-22-29(23-10-2,24-11-3)19-21(5)15-13-17-26-27-25-16-12-14-20(4)18-28(6,7)8/h20-21H,9-19H2,1-8H3. The van der Waals surface area contributed by atoms with Crippen LogP contribution in [0.2, 0.25) is 31.7 Å². The van der Waals surface area contributed by atoms with Gasteiger partial charge < -0.3 is 13.3 Å². The van der Waals surface area contributed by atoms with E-state index in [4.69, 9.17) is 13.3 Å². The molecule has 0 radical (unpaired) electrons. The summed E-state index contributed by atoms with van der Waals surface area (Å²) in [6, 6.07) is 2.41. The molecular weight excluding hydrogens is 453 g/mol. The molecule has 0 aromatic heterocycles. The Morgan fingerprint density at radius 3 is 1.48 bits per heavy atom. The van der Waals surface area contributed by atoms with E-state index >= 15 is 0 Å². The van der Waals surface area contributed by atoms with Gasteiger partial charge in [-0.2, -0.15) is 0 Å². The number of rotatable bonds is 20. The molecule has 0 aliphatic carbocycles. The zero-order chi connectivity index (χ0) is 22.2. The Balaban J connectivity index is 3.83. The van der Waals surface area contributed by atoms with Crippen LogP contribution in [0.4, 0.5) is 0 Å². The topological polar surface area (TPSA) is 27.7 Å².